The summed E-state index contributed by atoms with van der Waals surface area (Å²) < 4.78 is 27.4. The zero-order chi connectivity index (χ0) is 28.6. The summed E-state index contributed by atoms with van der Waals surface area (Å²) in [6.45, 7) is 5.57. The van der Waals surface area contributed by atoms with Gasteiger partial charge in [-0.1, -0.05) is 78.7 Å². The Morgan fingerprint density at radius 2 is 1.59 bits per heavy atom. The van der Waals surface area contributed by atoms with E-state index in [1.54, 1.807) is 0 Å². The molecule has 3 aromatic carbocycles. The third kappa shape index (κ3) is 8.39. The number of rotatable bonds is 12. The minimum Gasteiger partial charge on any atom is -0.352 e. The van der Waals surface area contributed by atoms with Crippen molar-refractivity contribution in [3.05, 3.63) is 101 Å². The molecule has 9 heteroatoms. The number of hydrogen-bond donors (Lipinski definition) is 1. The van der Waals surface area contributed by atoms with Crippen molar-refractivity contribution in [2.24, 2.45) is 0 Å². The molecular weight excluding hydrogens is 534 g/mol. The van der Waals surface area contributed by atoms with E-state index in [1.807, 2.05) is 75.4 Å². The van der Waals surface area contributed by atoms with Crippen LogP contribution in [-0.4, -0.2) is 55.1 Å². The first-order valence-corrected chi connectivity index (χ1v) is 14.7. The maximum atomic E-state index is 13.9. The van der Waals surface area contributed by atoms with E-state index in [0.717, 1.165) is 27.4 Å². The largest absolute Gasteiger partial charge is 0.352 e. The smallest absolute Gasteiger partial charge is 0.243 e. The number of hydrogen-bond acceptors (Lipinski definition) is 4. The Labute approximate surface area is 236 Å². The topological polar surface area (TPSA) is 86.8 Å². The molecule has 39 heavy (non-hydrogen) atoms. The van der Waals surface area contributed by atoms with Gasteiger partial charge in [-0.2, -0.15) is 4.31 Å². The Morgan fingerprint density at radius 3 is 2.21 bits per heavy atom. The number of amides is 2. The van der Waals surface area contributed by atoms with E-state index in [0.29, 0.717) is 5.02 Å². The van der Waals surface area contributed by atoms with Crippen LogP contribution in [0.3, 0.4) is 0 Å². The molecule has 0 saturated carbocycles. The van der Waals surface area contributed by atoms with Crippen LogP contribution >= 0.6 is 11.6 Å². The molecule has 0 radical (unpaired) electrons. The van der Waals surface area contributed by atoms with Crippen molar-refractivity contribution in [2.75, 3.05) is 13.6 Å². The quantitative estimate of drug-likeness (QED) is 0.339. The van der Waals surface area contributed by atoms with Crippen molar-refractivity contribution in [1.29, 1.82) is 0 Å². The van der Waals surface area contributed by atoms with Crippen LogP contribution in [0.1, 0.15) is 37.0 Å². The van der Waals surface area contributed by atoms with Crippen molar-refractivity contribution in [3.63, 3.8) is 0 Å². The van der Waals surface area contributed by atoms with Gasteiger partial charge in [0.15, 0.2) is 0 Å². The number of nitrogens with one attached hydrogen (secondary N) is 1. The first-order chi connectivity index (χ1) is 18.5. The lowest BCUT2D eigenvalue weighted by molar-refractivity contribution is -0.141. The second-order valence-electron chi connectivity index (χ2n) is 9.75. The normalized spacial score (nSPS) is 13.1. The summed E-state index contributed by atoms with van der Waals surface area (Å²) in [5.74, 6) is -0.755. The molecule has 1 N–H and O–H groups in total. The number of carbonyl (C=O) groups is 2. The number of aryl methyl sites for hydroxylation is 1. The van der Waals surface area contributed by atoms with Gasteiger partial charge in [0.1, 0.15) is 6.04 Å². The fraction of sp³-hybridized carbons (Fsp3) is 0.333. The van der Waals surface area contributed by atoms with Crippen LogP contribution in [-0.2, 0) is 32.6 Å². The summed E-state index contributed by atoms with van der Waals surface area (Å²) >= 11 is 5.93. The van der Waals surface area contributed by atoms with Crippen LogP contribution in [0.15, 0.2) is 83.8 Å². The highest BCUT2D eigenvalue weighted by molar-refractivity contribution is 7.89. The molecule has 3 aromatic rings. The molecule has 2 amide bonds. The van der Waals surface area contributed by atoms with Crippen LogP contribution in [0, 0.1) is 6.92 Å². The third-order valence-corrected chi connectivity index (χ3v) is 8.66. The molecule has 0 spiro atoms. The third-order valence-electron chi connectivity index (χ3n) is 6.59. The second kappa shape index (κ2) is 13.7. The SMILES string of the molecule is CC[C@@H](C)NC(=O)[C@H](Cc1ccccc1)N(Cc1cccc(C)c1)C(=O)CN(C)S(=O)(=O)c1ccc(Cl)cc1. The molecular formula is C30H36ClN3O4S. The number of halogens is 1. The highest BCUT2D eigenvalue weighted by atomic mass is 35.5. The van der Waals surface area contributed by atoms with Crippen molar-refractivity contribution in [1.82, 2.24) is 14.5 Å². The minimum absolute atomic E-state index is 0.0304. The van der Waals surface area contributed by atoms with Crippen LogP contribution in [0.25, 0.3) is 0 Å². The lowest BCUT2D eigenvalue weighted by Gasteiger charge is -2.33. The number of benzene rings is 3. The van der Waals surface area contributed by atoms with E-state index in [-0.39, 0.29) is 29.8 Å². The van der Waals surface area contributed by atoms with Crippen molar-refractivity contribution >= 4 is 33.4 Å². The van der Waals surface area contributed by atoms with Crippen molar-refractivity contribution in [2.45, 2.75) is 57.1 Å². The van der Waals surface area contributed by atoms with Gasteiger partial charge in [0.25, 0.3) is 0 Å². The molecule has 0 unspecified atom stereocenters. The van der Waals surface area contributed by atoms with E-state index in [1.165, 1.54) is 36.2 Å². The van der Waals surface area contributed by atoms with Gasteiger partial charge in [0.05, 0.1) is 11.4 Å². The van der Waals surface area contributed by atoms with Crippen LogP contribution in [0.2, 0.25) is 5.02 Å². The molecule has 7 nitrogen and oxygen atoms in total. The van der Waals surface area contributed by atoms with Gasteiger partial charge >= 0.3 is 0 Å². The highest BCUT2D eigenvalue weighted by Crippen LogP contribution is 2.20. The van der Waals surface area contributed by atoms with Gasteiger partial charge in [0, 0.05) is 31.1 Å². The van der Waals surface area contributed by atoms with Gasteiger partial charge in [-0.25, -0.2) is 8.42 Å². The standard InChI is InChI=1S/C30H36ClN3O4S/c1-5-23(3)32-30(36)28(19-24-11-7-6-8-12-24)34(20-25-13-9-10-22(2)18-25)29(35)21-33(4)39(37,38)27-16-14-26(31)15-17-27/h6-18,23,28H,5,19-21H2,1-4H3,(H,32,36)/t23-,28+/m1/s1. The van der Waals surface area contributed by atoms with E-state index >= 15 is 0 Å². The van der Waals surface area contributed by atoms with Crippen molar-refractivity contribution < 1.29 is 18.0 Å². The molecule has 0 bridgehead atoms. The molecule has 2 atom stereocenters. The van der Waals surface area contributed by atoms with E-state index < -0.39 is 28.5 Å². The van der Waals surface area contributed by atoms with Gasteiger partial charge in [0.2, 0.25) is 21.8 Å². The Hall–Kier alpha value is -3.20. The predicted octanol–water partition coefficient (Wildman–Crippen LogP) is 4.82. The molecule has 3 rings (SSSR count). The van der Waals surface area contributed by atoms with Crippen LogP contribution in [0.4, 0.5) is 0 Å². The van der Waals surface area contributed by atoms with Crippen LogP contribution in [0.5, 0.6) is 0 Å². The monoisotopic (exact) mass is 569 g/mol. The van der Waals surface area contributed by atoms with Gasteiger partial charge in [-0.05, 0) is 55.7 Å². The zero-order valence-corrected chi connectivity index (χ0v) is 24.4. The average Bonchev–Trinajstić information content (AvgIpc) is 2.91. The first kappa shape index (κ1) is 30.3. The molecule has 0 aliphatic carbocycles. The fourth-order valence-corrected chi connectivity index (χ4v) is 5.40. The van der Waals surface area contributed by atoms with E-state index in [4.69, 9.17) is 11.6 Å². The average molecular weight is 570 g/mol. The fourth-order valence-electron chi connectivity index (χ4n) is 4.16. The maximum Gasteiger partial charge on any atom is 0.243 e. The summed E-state index contributed by atoms with van der Waals surface area (Å²) in [7, 11) is -2.61. The van der Waals surface area contributed by atoms with E-state index in [2.05, 4.69) is 5.32 Å². The number of sulfonamides is 1. The molecule has 0 fully saturated rings. The molecule has 0 aromatic heterocycles. The summed E-state index contributed by atoms with van der Waals surface area (Å²) in [5, 5.41) is 3.43. The molecule has 208 valence electrons. The van der Waals surface area contributed by atoms with E-state index in [9.17, 15) is 18.0 Å². The minimum atomic E-state index is -3.97. The zero-order valence-electron chi connectivity index (χ0n) is 22.8. The summed E-state index contributed by atoms with van der Waals surface area (Å²) in [6, 6.07) is 22.1. The molecule has 0 saturated heterocycles. The highest BCUT2D eigenvalue weighted by Gasteiger charge is 2.33. The summed E-state index contributed by atoms with van der Waals surface area (Å²) in [5.41, 5.74) is 2.76. The number of nitrogens with zero attached hydrogens (tertiary/aromatic N) is 2. The first-order valence-electron chi connectivity index (χ1n) is 12.9. The van der Waals surface area contributed by atoms with Crippen molar-refractivity contribution in [3.8, 4) is 0 Å². The summed E-state index contributed by atoms with van der Waals surface area (Å²) in [4.78, 5) is 29.0. The van der Waals surface area contributed by atoms with Gasteiger partial charge in [-0.3, -0.25) is 9.59 Å². The van der Waals surface area contributed by atoms with Gasteiger partial charge in [-0.15, -0.1) is 0 Å². The summed E-state index contributed by atoms with van der Waals surface area (Å²) in [6.07, 6.45) is 1.02. The Kier molecular flexibility index (Phi) is 10.7. The molecule has 0 aliphatic heterocycles. The predicted molar refractivity (Wildman–Crippen MR) is 155 cm³/mol. The maximum absolute atomic E-state index is 13.9. The second-order valence-corrected chi connectivity index (χ2v) is 12.2. The Morgan fingerprint density at radius 1 is 0.949 bits per heavy atom. The number of carbonyl (C=O) groups excluding carboxylic acids is 2. The number of likely N-dealkylation sites (N-methyl/N-ethyl adjacent to an activating group) is 1. The lowest BCUT2D eigenvalue weighted by atomic mass is 10.0. The Bertz CT molecular complexity index is 1360. The lowest BCUT2D eigenvalue weighted by Crippen LogP contribution is -2.54. The van der Waals surface area contributed by atoms with Crippen LogP contribution < -0.4 is 5.32 Å². The van der Waals surface area contributed by atoms with Gasteiger partial charge < -0.3 is 10.2 Å². The molecule has 0 aliphatic rings. The Balaban J connectivity index is 1.98. The molecule has 0 heterocycles.